The highest BCUT2D eigenvalue weighted by Crippen LogP contribution is 2.36. The normalized spacial score (nSPS) is 11.6. The SMILES string of the molecule is COc1ccc(/C=N/NS(=O)(=O)c2cccs2)c(Cl)c1OC. The number of hydrogen-bond donors (Lipinski definition) is 1. The minimum absolute atomic E-state index is 0.183. The Labute approximate surface area is 137 Å². The van der Waals surface area contributed by atoms with E-state index in [4.69, 9.17) is 21.1 Å². The Morgan fingerprint density at radius 1 is 1.27 bits per heavy atom. The van der Waals surface area contributed by atoms with Crippen LogP contribution in [0.3, 0.4) is 0 Å². The van der Waals surface area contributed by atoms with Gasteiger partial charge in [0.25, 0.3) is 10.0 Å². The molecular formula is C13H13ClN2O4S2. The number of sulfonamides is 1. The molecule has 118 valence electrons. The lowest BCUT2D eigenvalue weighted by atomic mass is 10.2. The molecule has 0 spiro atoms. The van der Waals surface area contributed by atoms with Crippen molar-refractivity contribution in [3.8, 4) is 11.5 Å². The van der Waals surface area contributed by atoms with E-state index in [0.717, 1.165) is 11.3 Å². The number of hydrazone groups is 1. The molecule has 1 aromatic heterocycles. The zero-order valence-electron chi connectivity index (χ0n) is 11.7. The van der Waals surface area contributed by atoms with Crippen molar-refractivity contribution in [2.24, 2.45) is 5.10 Å². The van der Waals surface area contributed by atoms with Gasteiger partial charge in [0.1, 0.15) is 4.21 Å². The molecule has 0 bridgehead atoms. The van der Waals surface area contributed by atoms with E-state index in [1.54, 1.807) is 23.6 Å². The fraction of sp³-hybridized carbons (Fsp3) is 0.154. The van der Waals surface area contributed by atoms with Gasteiger partial charge in [-0.2, -0.15) is 18.4 Å². The molecule has 1 N–H and O–H groups in total. The average molecular weight is 361 g/mol. The van der Waals surface area contributed by atoms with Crippen LogP contribution in [0.25, 0.3) is 0 Å². The van der Waals surface area contributed by atoms with E-state index in [2.05, 4.69) is 9.93 Å². The van der Waals surface area contributed by atoms with Crippen LogP contribution in [-0.2, 0) is 10.0 Å². The minimum Gasteiger partial charge on any atom is -0.493 e. The smallest absolute Gasteiger partial charge is 0.286 e. The maximum atomic E-state index is 11.9. The zero-order chi connectivity index (χ0) is 16.2. The summed E-state index contributed by atoms with van der Waals surface area (Å²) in [5.41, 5.74) is 0.494. The Morgan fingerprint density at radius 2 is 2.05 bits per heavy atom. The first-order valence-electron chi connectivity index (χ1n) is 5.98. The molecule has 22 heavy (non-hydrogen) atoms. The molecule has 0 radical (unpaired) electrons. The molecule has 2 aromatic rings. The van der Waals surface area contributed by atoms with Gasteiger partial charge < -0.3 is 9.47 Å². The van der Waals surface area contributed by atoms with E-state index in [9.17, 15) is 8.42 Å². The fourth-order valence-electron chi connectivity index (χ4n) is 1.63. The van der Waals surface area contributed by atoms with Crippen LogP contribution in [0.2, 0.25) is 5.02 Å². The van der Waals surface area contributed by atoms with Gasteiger partial charge in [-0.1, -0.05) is 17.7 Å². The Hall–Kier alpha value is -1.77. The maximum absolute atomic E-state index is 11.9. The Morgan fingerprint density at radius 3 is 2.64 bits per heavy atom. The van der Waals surface area contributed by atoms with E-state index in [0.29, 0.717) is 17.1 Å². The van der Waals surface area contributed by atoms with Crippen LogP contribution in [-0.4, -0.2) is 28.9 Å². The van der Waals surface area contributed by atoms with Gasteiger partial charge in [-0.3, -0.25) is 0 Å². The predicted molar refractivity (Wildman–Crippen MR) is 86.8 cm³/mol. The van der Waals surface area contributed by atoms with Crippen LogP contribution in [0, 0.1) is 0 Å². The molecule has 0 amide bonds. The molecule has 0 saturated carbocycles. The average Bonchev–Trinajstić information content (AvgIpc) is 3.03. The van der Waals surface area contributed by atoms with Crippen molar-refractivity contribution in [2.75, 3.05) is 14.2 Å². The molecule has 0 unspecified atom stereocenters. The van der Waals surface area contributed by atoms with Crippen molar-refractivity contribution < 1.29 is 17.9 Å². The Balaban J connectivity index is 2.21. The maximum Gasteiger partial charge on any atom is 0.286 e. The highest BCUT2D eigenvalue weighted by molar-refractivity contribution is 7.91. The molecule has 0 atom stereocenters. The molecule has 1 heterocycles. The molecule has 0 saturated heterocycles. The van der Waals surface area contributed by atoms with E-state index in [1.165, 1.54) is 26.5 Å². The summed E-state index contributed by atoms with van der Waals surface area (Å²) in [6.07, 6.45) is 1.30. The number of hydrogen-bond acceptors (Lipinski definition) is 6. The summed E-state index contributed by atoms with van der Waals surface area (Å²) in [5.74, 6) is 0.832. The zero-order valence-corrected chi connectivity index (χ0v) is 14.1. The van der Waals surface area contributed by atoms with E-state index in [1.807, 2.05) is 0 Å². The first kappa shape index (κ1) is 16.6. The summed E-state index contributed by atoms with van der Waals surface area (Å²) in [6, 6.07) is 6.44. The minimum atomic E-state index is -3.66. The number of thiophene rings is 1. The lowest BCUT2D eigenvalue weighted by Crippen LogP contribution is -2.17. The van der Waals surface area contributed by atoms with Crippen molar-refractivity contribution in [1.82, 2.24) is 4.83 Å². The summed E-state index contributed by atoms with van der Waals surface area (Å²) < 4.78 is 34.3. The third-order valence-corrected chi connectivity index (χ3v) is 5.66. The third-order valence-electron chi connectivity index (χ3n) is 2.65. The number of rotatable bonds is 6. The molecule has 0 aliphatic carbocycles. The highest BCUT2D eigenvalue weighted by Gasteiger charge is 2.14. The van der Waals surface area contributed by atoms with E-state index >= 15 is 0 Å². The van der Waals surface area contributed by atoms with Gasteiger partial charge in [-0.05, 0) is 23.6 Å². The van der Waals surface area contributed by atoms with E-state index in [-0.39, 0.29) is 9.23 Å². The number of ether oxygens (including phenoxy) is 2. The van der Waals surface area contributed by atoms with E-state index < -0.39 is 10.0 Å². The molecule has 6 nitrogen and oxygen atoms in total. The van der Waals surface area contributed by atoms with Crippen molar-refractivity contribution in [3.63, 3.8) is 0 Å². The summed E-state index contributed by atoms with van der Waals surface area (Å²) in [6.45, 7) is 0. The van der Waals surface area contributed by atoms with Crippen LogP contribution >= 0.6 is 22.9 Å². The number of methoxy groups -OCH3 is 2. The van der Waals surface area contributed by atoms with Crippen molar-refractivity contribution in [1.29, 1.82) is 0 Å². The second-order valence-corrected chi connectivity index (χ2v) is 7.20. The van der Waals surface area contributed by atoms with Gasteiger partial charge in [0.05, 0.1) is 25.5 Å². The highest BCUT2D eigenvalue weighted by atomic mass is 35.5. The third kappa shape index (κ3) is 3.52. The summed E-state index contributed by atoms with van der Waals surface area (Å²) in [5, 5.41) is 5.67. The molecule has 0 fully saturated rings. The van der Waals surface area contributed by atoms with Crippen LogP contribution in [0.15, 0.2) is 39.0 Å². The van der Waals surface area contributed by atoms with Gasteiger partial charge in [0.2, 0.25) is 0 Å². The summed E-state index contributed by atoms with van der Waals surface area (Å²) in [7, 11) is -0.697. The van der Waals surface area contributed by atoms with Crippen LogP contribution in [0.1, 0.15) is 5.56 Å². The van der Waals surface area contributed by atoms with Crippen LogP contribution in [0.4, 0.5) is 0 Å². The van der Waals surface area contributed by atoms with Crippen LogP contribution in [0.5, 0.6) is 11.5 Å². The topological polar surface area (TPSA) is 77.0 Å². The van der Waals surface area contributed by atoms with Gasteiger partial charge >= 0.3 is 0 Å². The largest absolute Gasteiger partial charge is 0.493 e. The molecule has 2 rings (SSSR count). The summed E-state index contributed by atoms with van der Waals surface area (Å²) in [4.78, 5) is 2.12. The van der Waals surface area contributed by atoms with Gasteiger partial charge in [-0.25, -0.2) is 0 Å². The lowest BCUT2D eigenvalue weighted by molar-refractivity contribution is 0.355. The molecule has 9 heteroatoms. The van der Waals surface area contributed by atoms with Crippen molar-refractivity contribution >= 4 is 39.2 Å². The van der Waals surface area contributed by atoms with Gasteiger partial charge in [-0.15, -0.1) is 11.3 Å². The second-order valence-electron chi connectivity index (χ2n) is 3.99. The number of halogens is 1. The quantitative estimate of drug-likeness (QED) is 0.634. The van der Waals surface area contributed by atoms with Gasteiger partial charge in [0, 0.05) is 5.56 Å². The fourth-order valence-corrected chi connectivity index (χ4v) is 3.69. The standard InChI is InChI=1S/C13H13ClN2O4S2/c1-19-10-6-5-9(12(14)13(10)20-2)8-15-16-22(17,18)11-4-3-7-21-11/h3-8,16H,1-2H3/b15-8+. The summed E-state index contributed by atoms with van der Waals surface area (Å²) >= 11 is 7.27. The predicted octanol–water partition coefficient (Wildman–Crippen LogP) is 2.73. The first-order chi connectivity index (χ1) is 10.5. The monoisotopic (exact) mass is 360 g/mol. The van der Waals surface area contributed by atoms with Crippen LogP contribution < -0.4 is 14.3 Å². The molecule has 1 aromatic carbocycles. The molecule has 0 aliphatic heterocycles. The number of nitrogens with zero attached hydrogens (tertiary/aromatic N) is 1. The van der Waals surface area contributed by atoms with Gasteiger partial charge in [0.15, 0.2) is 11.5 Å². The molecular weight excluding hydrogens is 348 g/mol. The first-order valence-corrected chi connectivity index (χ1v) is 8.72. The lowest BCUT2D eigenvalue weighted by Gasteiger charge is -2.10. The van der Waals surface area contributed by atoms with Crippen molar-refractivity contribution in [2.45, 2.75) is 4.21 Å². The second kappa shape index (κ2) is 6.99. The molecule has 0 aliphatic rings. The number of nitrogens with one attached hydrogen (secondary N) is 1. The van der Waals surface area contributed by atoms with Crippen molar-refractivity contribution in [3.05, 3.63) is 40.2 Å². The Kier molecular flexibility index (Phi) is 5.28. The number of benzene rings is 1. The Bertz CT molecular complexity index is 774.